The minimum Gasteiger partial charge on any atom is -0.452 e. The molecule has 10 nitrogen and oxygen atoms in total. The third kappa shape index (κ3) is 4.45. The lowest BCUT2D eigenvalue weighted by molar-refractivity contribution is 0.0439. The molecule has 0 aliphatic heterocycles. The lowest BCUT2D eigenvalue weighted by atomic mass is 10.1. The van der Waals surface area contributed by atoms with Gasteiger partial charge in [-0.3, -0.25) is 4.90 Å². The van der Waals surface area contributed by atoms with E-state index in [-0.39, 0.29) is 24.0 Å². The molecule has 4 rings (SSSR count). The number of rotatable bonds is 6. The van der Waals surface area contributed by atoms with E-state index in [9.17, 15) is 9.59 Å². The minimum atomic E-state index is -0.660. The highest BCUT2D eigenvalue weighted by atomic mass is 16.5. The number of hydrogen-bond donors (Lipinski definition) is 0. The van der Waals surface area contributed by atoms with Crippen LogP contribution in [0.2, 0.25) is 0 Å². The Hall–Kier alpha value is -4.47. The fraction of sp³-hybridized carbons (Fsp3) is 0.174. The maximum absolute atomic E-state index is 12.7. The monoisotopic (exact) mass is 448 g/mol. The van der Waals surface area contributed by atoms with Crippen LogP contribution in [0.5, 0.6) is 0 Å². The van der Waals surface area contributed by atoms with Crippen molar-refractivity contribution in [1.82, 2.24) is 15.4 Å². The summed E-state index contributed by atoms with van der Waals surface area (Å²) in [5.41, 5.74) is 2.50. The molecule has 0 N–H and O–H groups in total. The number of benzene rings is 2. The molecule has 0 saturated carbocycles. The lowest BCUT2D eigenvalue weighted by Crippen LogP contribution is -2.27. The van der Waals surface area contributed by atoms with Crippen molar-refractivity contribution in [3.8, 4) is 22.7 Å². The van der Waals surface area contributed by atoms with E-state index in [2.05, 4.69) is 15.4 Å². The first-order valence-electron chi connectivity index (χ1n) is 9.92. The molecule has 2 heterocycles. The van der Waals surface area contributed by atoms with Crippen molar-refractivity contribution in [3.05, 3.63) is 71.8 Å². The zero-order valence-electron chi connectivity index (χ0n) is 18.1. The Balaban J connectivity index is 1.51. The third-order valence-electron chi connectivity index (χ3n) is 4.85. The molecule has 0 spiro atoms. The van der Waals surface area contributed by atoms with Gasteiger partial charge in [-0.25, -0.2) is 9.59 Å². The van der Waals surface area contributed by atoms with E-state index < -0.39 is 12.1 Å². The van der Waals surface area contributed by atoms with E-state index in [1.165, 1.54) is 19.1 Å². The molecule has 168 valence electrons. The van der Waals surface area contributed by atoms with Crippen molar-refractivity contribution >= 4 is 17.7 Å². The Labute approximate surface area is 188 Å². The van der Waals surface area contributed by atoms with Crippen molar-refractivity contribution in [2.75, 3.05) is 19.1 Å². The number of carbonyl (C=O) groups is 2. The molecule has 0 radical (unpaired) electrons. The van der Waals surface area contributed by atoms with Gasteiger partial charge in [0.15, 0.2) is 6.61 Å². The van der Waals surface area contributed by atoms with E-state index in [4.69, 9.17) is 18.4 Å². The molecule has 1 amide bonds. The minimum absolute atomic E-state index is 0.0942. The summed E-state index contributed by atoms with van der Waals surface area (Å²) in [6, 6.07) is 16.0. The summed E-state index contributed by atoms with van der Waals surface area (Å²) in [6.45, 7) is 1.49. The highest BCUT2D eigenvalue weighted by molar-refractivity contribution is 6.00. The normalized spacial score (nSPS) is 10.6. The van der Waals surface area contributed by atoms with E-state index >= 15 is 0 Å². The fourth-order valence-corrected chi connectivity index (χ4v) is 3.21. The molecule has 0 aliphatic carbocycles. The SMILES string of the molecule is COC(=O)N(C)c1ccccc1C(=O)OCc1nnc(-c2c(-c3ccccc3)noc2C)o1. The third-order valence-corrected chi connectivity index (χ3v) is 4.85. The largest absolute Gasteiger partial charge is 0.452 e. The van der Waals surface area contributed by atoms with Crippen LogP contribution in [-0.2, 0) is 16.1 Å². The smallest absolute Gasteiger partial charge is 0.413 e. The lowest BCUT2D eigenvalue weighted by Gasteiger charge is -2.18. The van der Waals surface area contributed by atoms with Crippen LogP contribution in [-0.4, -0.2) is 41.6 Å². The molecule has 0 atom stereocenters. The summed E-state index contributed by atoms with van der Waals surface area (Å²) >= 11 is 0. The molecule has 0 bridgehead atoms. The van der Waals surface area contributed by atoms with E-state index in [1.807, 2.05) is 30.3 Å². The van der Waals surface area contributed by atoms with Gasteiger partial charge in [0, 0.05) is 12.6 Å². The first-order chi connectivity index (χ1) is 16.0. The predicted molar refractivity (Wildman–Crippen MR) is 116 cm³/mol. The fourth-order valence-electron chi connectivity index (χ4n) is 3.21. The maximum atomic E-state index is 12.7. The summed E-state index contributed by atoms with van der Waals surface area (Å²) in [5, 5.41) is 12.1. The Morgan fingerprint density at radius 3 is 2.52 bits per heavy atom. The van der Waals surface area contributed by atoms with Crippen LogP contribution in [0.15, 0.2) is 63.5 Å². The van der Waals surface area contributed by atoms with Crippen molar-refractivity contribution in [1.29, 1.82) is 0 Å². The number of ether oxygens (including phenoxy) is 2. The molecular formula is C23H20N4O6. The predicted octanol–water partition coefficient (Wildman–Crippen LogP) is 4.26. The van der Waals surface area contributed by atoms with Crippen LogP contribution >= 0.6 is 0 Å². The number of para-hydroxylation sites is 1. The van der Waals surface area contributed by atoms with Gasteiger partial charge in [-0.05, 0) is 19.1 Å². The Morgan fingerprint density at radius 1 is 1.03 bits per heavy atom. The molecule has 10 heteroatoms. The maximum Gasteiger partial charge on any atom is 0.413 e. The summed E-state index contributed by atoms with van der Waals surface area (Å²) in [4.78, 5) is 25.7. The van der Waals surface area contributed by atoms with Gasteiger partial charge in [0.2, 0.25) is 0 Å². The summed E-state index contributed by atoms with van der Waals surface area (Å²) in [7, 11) is 2.75. The number of carbonyl (C=O) groups excluding carboxylic acids is 2. The molecule has 33 heavy (non-hydrogen) atoms. The van der Waals surface area contributed by atoms with E-state index in [0.29, 0.717) is 22.7 Å². The number of aromatic nitrogens is 3. The van der Waals surface area contributed by atoms with Crippen molar-refractivity contribution in [2.24, 2.45) is 0 Å². The van der Waals surface area contributed by atoms with Crippen LogP contribution in [0.3, 0.4) is 0 Å². The van der Waals surface area contributed by atoms with Gasteiger partial charge in [0.1, 0.15) is 17.0 Å². The first-order valence-corrected chi connectivity index (χ1v) is 9.92. The van der Waals surface area contributed by atoms with Crippen molar-refractivity contribution < 1.29 is 28.0 Å². The molecule has 2 aromatic heterocycles. The van der Waals surface area contributed by atoms with Gasteiger partial charge in [0.25, 0.3) is 11.8 Å². The quantitative estimate of drug-likeness (QED) is 0.398. The second-order valence-corrected chi connectivity index (χ2v) is 6.95. The van der Waals surface area contributed by atoms with Gasteiger partial charge in [-0.1, -0.05) is 47.6 Å². The number of hydrogen-bond acceptors (Lipinski definition) is 9. The molecule has 0 fully saturated rings. The van der Waals surface area contributed by atoms with Crippen molar-refractivity contribution in [2.45, 2.75) is 13.5 Å². The van der Waals surface area contributed by atoms with Gasteiger partial charge in [0.05, 0.1) is 18.4 Å². The number of amides is 1. The van der Waals surface area contributed by atoms with Crippen LogP contribution < -0.4 is 4.90 Å². The van der Waals surface area contributed by atoms with Gasteiger partial charge in [-0.15, -0.1) is 10.2 Å². The van der Waals surface area contributed by atoms with Crippen LogP contribution in [0.25, 0.3) is 22.7 Å². The Kier molecular flexibility index (Phi) is 6.16. The number of anilines is 1. The summed E-state index contributed by atoms with van der Waals surface area (Å²) in [5.74, 6) is 0.148. The Bertz CT molecular complexity index is 1280. The first kappa shape index (κ1) is 21.8. The second kappa shape index (κ2) is 9.35. The summed E-state index contributed by atoms with van der Waals surface area (Å²) < 4.78 is 21.1. The highest BCUT2D eigenvalue weighted by Gasteiger charge is 2.23. The number of esters is 1. The molecule has 4 aromatic rings. The molecule has 0 aliphatic rings. The molecular weight excluding hydrogens is 428 g/mol. The van der Waals surface area contributed by atoms with Crippen LogP contribution in [0.4, 0.5) is 10.5 Å². The number of methoxy groups -OCH3 is 1. The van der Waals surface area contributed by atoms with Gasteiger partial charge < -0.3 is 18.4 Å². The number of nitrogens with zero attached hydrogens (tertiary/aromatic N) is 4. The highest BCUT2D eigenvalue weighted by Crippen LogP contribution is 2.33. The van der Waals surface area contributed by atoms with Gasteiger partial charge in [-0.2, -0.15) is 0 Å². The molecule has 2 aromatic carbocycles. The second-order valence-electron chi connectivity index (χ2n) is 6.95. The average molecular weight is 448 g/mol. The average Bonchev–Trinajstić information content (AvgIpc) is 3.48. The number of aryl methyl sites for hydroxylation is 1. The summed E-state index contributed by atoms with van der Waals surface area (Å²) in [6.07, 6.45) is -0.616. The van der Waals surface area contributed by atoms with E-state index in [1.54, 1.807) is 31.2 Å². The van der Waals surface area contributed by atoms with Crippen LogP contribution in [0.1, 0.15) is 22.0 Å². The zero-order valence-corrected chi connectivity index (χ0v) is 18.1. The zero-order chi connectivity index (χ0) is 23.4. The topological polar surface area (TPSA) is 121 Å². The molecule has 0 saturated heterocycles. The van der Waals surface area contributed by atoms with E-state index in [0.717, 1.165) is 5.56 Å². The standard InChI is InChI=1S/C23H20N4O6/c1-14-19(20(26-33-14)15-9-5-4-6-10-15)21-25-24-18(32-21)13-31-22(28)16-11-7-8-12-17(16)27(2)23(29)30-3/h4-12H,13H2,1-3H3. The Morgan fingerprint density at radius 2 is 1.76 bits per heavy atom. The van der Waals surface area contributed by atoms with Gasteiger partial charge >= 0.3 is 12.1 Å². The molecule has 0 unspecified atom stereocenters. The van der Waals surface area contributed by atoms with Crippen molar-refractivity contribution in [3.63, 3.8) is 0 Å². The van der Waals surface area contributed by atoms with Crippen LogP contribution in [0, 0.1) is 6.92 Å².